The summed E-state index contributed by atoms with van der Waals surface area (Å²) in [5.41, 5.74) is 12.5. The summed E-state index contributed by atoms with van der Waals surface area (Å²) in [6, 6.07) is 29.4. The summed E-state index contributed by atoms with van der Waals surface area (Å²) in [4.78, 5) is 0. The Hall–Kier alpha value is -1.70. The molecular weight excluding hydrogens is 623 g/mol. The van der Waals surface area contributed by atoms with Gasteiger partial charge in [0.15, 0.2) is 0 Å². The van der Waals surface area contributed by atoms with Crippen molar-refractivity contribution in [2.75, 3.05) is 0 Å². The molecule has 4 aromatic carbocycles. The van der Waals surface area contributed by atoms with Crippen LogP contribution in [0, 0.1) is 0 Å². The van der Waals surface area contributed by atoms with Gasteiger partial charge in [0.05, 0.1) is 0 Å². The van der Waals surface area contributed by atoms with Crippen molar-refractivity contribution in [3.63, 3.8) is 0 Å². The van der Waals surface area contributed by atoms with Gasteiger partial charge in [-0.1, -0.05) is 0 Å². The van der Waals surface area contributed by atoms with Gasteiger partial charge < -0.3 is 0 Å². The molecule has 0 saturated carbocycles. The number of halogens is 2. The SMILES string of the molecule is CCCC1=Cc2c(ccc(C(C)C)c2-c2ccccc2C(C)C)[CH]1[Zr]([Cl])([Cl])[c]1cccc2c1[SiH2]c1ccccc1-2. The maximum absolute atomic E-state index is 7.89. The van der Waals surface area contributed by atoms with Crippen molar-refractivity contribution in [3.8, 4) is 22.3 Å². The average molecular weight is 661 g/mol. The van der Waals surface area contributed by atoms with E-state index in [1.807, 2.05) is 0 Å². The van der Waals surface area contributed by atoms with Gasteiger partial charge in [-0.25, -0.2) is 0 Å². The molecule has 0 radical (unpaired) electrons. The van der Waals surface area contributed by atoms with Gasteiger partial charge in [-0.2, -0.15) is 0 Å². The Labute approximate surface area is 254 Å². The monoisotopic (exact) mass is 658 g/mol. The Morgan fingerprint density at radius 2 is 1.43 bits per heavy atom. The fraction of sp³-hybridized carbons (Fsp3) is 0.278. The minimum absolute atomic E-state index is 0.128. The van der Waals surface area contributed by atoms with Gasteiger partial charge >= 0.3 is 256 Å². The zero-order valence-electron chi connectivity index (χ0n) is 24.2. The normalized spacial score (nSPS) is 16.4. The predicted molar refractivity (Wildman–Crippen MR) is 177 cm³/mol. The Bertz CT molecular complexity index is 1630. The summed E-state index contributed by atoms with van der Waals surface area (Å²) in [6.07, 6.45) is 4.62. The molecule has 0 amide bonds. The molecular formula is C36H38Cl2SiZr. The molecule has 2 aliphatic rings. The number of benzene rings is 4. The molecule has 204 valence electrons. The van der Waals surface area contributed by atoms with Crippen molar-refractivity contribution in [2.45, 2.75) is 62.9 Å². The van der Waals surface area contributed by atoms with Crippen LogP contribution >= 0.6 is 17.0 Å². The Kier molecular flexibility index (Phi) is 7.94. The molecule has 4 heteroatoms. The van der Waals surface area contributed by atoms with Crippen molar-refractivity contribution in [1.82, 2.24) is 0 Å². The number of hydrogen-bond donors (Lipinski definition) is 0. The summed E-state index contributed by atoms with van der Waals surface area (Å²) in [5, 5.41) is 3.02. The molecule has 40 heavy (non-hydrogen) atoms. The molecule has 1 aliphatic heterocycles. The van der Waals surface area contributed by atoms with E-state index in [0.29, 0.717) is 11.8 Å². The van der Waals surface area contributed by atoms with Crippen molar-refractivity contribution in [2.24, 2.45) is 0 Å². The van der Waals surface area contributed by atoms with Crippen LogP contribution in [0.1, 0.15) is 85.2 Å². The molecule has 1 heterocycles. The summed E-state index contributed by atoms with van der Waals surface area (Å²) >= 11 is -3.98. The van der Waals surface area contributed by atoms with Crippen LogP contribution in [0.15, 0.2) is 84.4 Å². The average Bonchev–Trinajstić information content (AvgIpc) is 3.51. The number of rotatable bonds is 7. The third-order valence-electron chi connectivity index (χ3n) is 8.91. The molecule has 6 rings (SSSR count). The van der Waals surface area contributed by atoms with E-state index in [0.717, 1.165) is 12.8 Å². The first-order valence-corrected chi connectivity index (χ1v) is 25.2. The van der Waals surface area contributed by atoms with E-state index in [4.69, 9.17) is 17.0 Å². The molecule has 0 N–H and O–H groups in total. The quantitative estimate of drug-likeness (QED) is 0.153. The zero-order valence-corrected chi connectivity index (χ0v) is 29.6. The van der Waals surface area contributed by atoms with Crippen molar-refractivity contribution < 1.29 is 17.9 Å². The fourth-order valence-corrected chi connectivity index (χ4v) is 24.0. The molecule has 1 unspecified atom stereocenters. The van der Waals surface area contributed by atoms with Crippen LogP contribution in [-0.2, 0) is 17.9 Å². The van der Waals surface area contributed by atoms with Gasteiger partial charge in [0.2, 0.25) is 0 Å². The summed E-state index contributed by atoms with van der Waals surface area (Å²) in [6.45, 7) is 11.5. The Morgan fingerprint density at radius 1 is 0.750 bits per heavy atom. The second-order valence-corrected chi connectivity index (χ2v) is 27.9. The topological polar surface area (TPSA) is 0 Å². The number of allylic oxidation sites excluding steroid dienone is 1. The fourth-order valence-electron chi connectivity index (χ4n) is 7.10. The standard InChI is InChI=1S/C24H29.C12H9Si.2ClH.Zr/c1-6-9-18-14-19-12-13-21(17(4)5)24(23(19)15-18)22-11-8-7-10-20(22)16(2)3;1-3-7-11-9(5-1)10-6-2-4-8-12(10)13-11;;;/h7-8,10-17H,6,9H2,1-5H3;1-7H,13H2;2*1H;/q;;;;+2/p-2. The first kappa shape index (κ1) is 28.4. The predicted octanol–water partition coefficient (Wildman–Crippen LogP) is 8.73. The van der Waals surface area contributed by atoms with Crippen molar-refractivity contribution >= 4 is 46.3 Å². The van der Waals surface area contributed by atoms with Crippen molar-refractivity contribution in [3.05, 3.63) is 107 Å². The van der Waals surface area contributed by atoms with Crippen LogP contribution in [0.4, 0.5) is 0 Å². The second kappa shape index (κ2) is 11.2. The van der Waals surface area contributed by atoms with Gasteiger partial charge in [0.1, 0.15) is 0 Å². The molecule has 0 nitrogen and oxygen atoms in total. The van der Waals surface area contributed by atoms with Crippen LogP contribution in [0.5, 0.6) is 0 Å². The summed E-state index contributed by atoms with van der Waals surface area (Å²) in [5.74, 6) is 0.867. The summed E-state index contributed by atoms with van der Waals surface area (Å²) < 4.78 is 1.44. The Morgan fingerprint density at radius 3 is 2.15 bits per heavy atom. The van der Waals surface area contributed by atoms with Crippen LogP contribution in [-0.4, -0.2) is 9.52 Å². The van der Waals surface area contributed by atoms with E-state index in [2.05, 4.69) is 120 Å². The van der Waals surface area contributed by atoms with Gasteiger partial charge in [-0.05, 0) is 0 Å². The van der Waals surface area contributed by atoms with Gasteiger partial charge in [-0.15, -0.1) is 0 Å². The molecule has 0 aromatic heterocycles. The third kappa shape index (κ3) is 4.68. The Balaban J connectivity index is 1.56. The van der Waals surface area contributed by atoms with E-state index < -0.39 is 27.4 Å². The van der Waals surface area contributed by atoms with E-state index >= 15 is 0 Å². The van der Waals surface area contributed by atoms with Crippen LogP contribution in [0.25, 0.3) is 28.3 Å². The van der Waals surface area contributed by atoms with E-state index in [1.54, 1.807) is 0 Å². The third-order valence-corrected chi connectivity index (χ3v) is 23.3. The molecule has 4 aromatic rings. The number of fused-ring (bicyclic) bond motifs is 4. The van der Waals surface area contributed by atoms with Crippen LogP contribution < -0.4 is 13.6 Å². The van der Waals surface area contributed by atoms with Crippen LogP contribution in [0.2, 0.25) is 0 Å². The summed E-state index contributed by atoms with van der Waals surface area (Å²) in [7, 11) is 15.2. The first-order chi connectivity index (χ1) is 19.2. The van der Waals surface area contributed by atoms with Gasteiger partial charge in [0.25, 0.3) is 0 Å². The number of hydrogen-bond acceptors (Lipinski definition) is 0. The molecule has 1 atom stereocenters. The van der Waals surface area contributed by atoms with Crippen LogP contribution in [0.3, 0.4) is 0 Å². The van der Waals surface area contributed by atoms with Crippen molar-refractivity contribution in [1.29, 1.82) is 0 Å². The zero-order chi connectivity index (χ0) is 28.2. The van der Waals surface area contributed by atoms with E-state index in [1.165, 1.54) is 63.7 Å². The first-order valence-electron chi connectivity index (χ1n) is 14.8. The van der Waals surface area contributed by atoms with E-state index in [-0.39, 0.29) is 3.63 Å². The molecule has 0 saturated heterocycles. The molecule has 0 spiro atoms. The van der Waals surface area contributed by atoms with Gasteiger partial charge in [-0.3, -0.25) is 0 Å². The maximum atomic E-state index is 7.89. The minimum atomic E-state index is -3.98. The van der Waals surface area contributed by atoms with E-state index in [9.17, 15) is 0 Å². The molecule has 0 fully saturated rings. The van der Waals surface area contributed by atoms with Gasteiger partial charge in [0, 0.05) is 0 Å². The second-order valence-electron chi connectivity index (χ2n) is 12.1. The molecule has 0 bridgehead atoms. The molecule has 1 aliphatic carbocycles.